The molecule has 5 nitrogen and oxygen atoms in total. The number of aromatic nitrogens is 3. The zero-order chi connectivity index (χ0) is 15.0. The first-order chi connectivity index (χ1) is 10.1. The zero-order valence-electron chi connectivity index (χ0n) is 11.8. The van der Waals surface area contributed by atoms with Crippen molar-refractivity contribution in [2.75, 3.05) is 5.73 Å². The number of ether oxygens (including phenoxy) is 1. The standard InChI is InChI=1S/C15H15ClN4O/c1-9-11(15(16)20(2)19-9)8-21-13-6-5-12(17)14-10(13)4-3-7-18-14/h3-7H,8,17H2,1-2H3. The molecule has 21 heavy (non-hydrogen) atoms. The van der Waals surface area contributed by atoms with Crippen LogP contribution in [-0.2, 0) is 13.7 Å². The number of nitrogens with zero attached hydrogens (tertiary/aromatic N) is 3. The first-order valence-electron chi connectivity index (χ1n) is 6.52. The highest BCUT2D eigenvalue weighted by Crippen LogP contribution is 2.30. The van der Waals surface area contributed by atoms with Crippen molar-refractivity contribution in [1.82, 2.24) is 14.8 Å². The van der Waals surface area contributed by atoms with E-state index in [1.54, 1.807) is 24.0 Å². The van der Waals surface area contributed by atoms with Crippen LogP contribution in [0.2, 0.25) is 5.15 Å². The smallest absolute Gasteiger partial charge is 0.133 e. The molecule has 0 saturated carbocycles. The summed E-state index contributed by atoms with van der Waals surface area (Å²) in [7, 11) is 1.81. The maximum Gasteiger partial charge on any atom is 0.133 e. The minimum absolute atomic E-state index is 0.354. The predicted octanol–water partition coefficient (Wildman–Crippen LogP) is 3.09. The highest BCUT2D eigenvalue weighted by atomic mass is 35.5. The Morgan fingerprint density at radius 2 is 2.14 bits per heavy atom. The van der Waals surface area contributed by atoms with Gasteiger partial charge in [0.15, 0.2) is 0 Å². The molecule has 0 spiro atoms. The Morgan fingerprint density at radius 3 is 2.86 bits per heavy atom. The van der Waals surface area contributed by atoms with E-state index < -0.39 is 0 Å². The van der Waals surface area contributed by atoms with Crippen LogP contribution < -0.4 is 10.5 Å². The number of halogens is 1. The molecule has 0 radical (unpaired) electrons. The molecule has 0 saturated heterocycles. The second-order valence-electron chi connectivity index (χ2n) is 4.82. The molecule has 0 aliphatic heterocycles. The third-order valence-electron chi connectivity index (χ3n) is 3.40. The Hall–Kier alpha value is -2.27. The summed E-state index contributed by atoms with van der Waals surface area (Å²) < 4.78 is 7.54. The highest BCUT2D eigenvalue weighted by Gasteiger charge is 2.13. The SMILES string of the molecule is Cc1nn(C)c(Cl)c1COc1ccc(N)c2ncccc12. The van der Waals surface area contributed by atoms with Crippen molar-refractivity contribution in [3.63, 3.8) is 0 Å². The van der Waals surface area contributed by atoms with E-state index in [1.807, 2.05) is 25.1 Å². The van der Waals surface area contributed by atoms with Crippen LogP contribution in [0.25, 0.3) is 10.9 Å². The average molecular weight is 303 g/mol. The molecule has 3 rings (SSSR count). The summed E-state index contributed by atoms with van der Waals surface area (Å²) in [4.78, 5) is 4.29. The number of hydrogen-bond acceptors (Lipinski definition) is 4. The van der Waals surface area contributed by atoms with Gasteiger partial charge >= 0.3 is 0 Å². The second-order valence-corrected chi connectivity index (χ2v) is 5.18. The van der Waals surface area contributed by atoms with Gasteiger partial charge in [0.1, 0.15) is 17.5 Å². The largest absolute Gasteiger partial charge is 0.488 e. The van der Waals surface area contributed by atoms with Gasteiger partial charge in [-0.05, 0) is 31.2 Å². The fourth-order valence-corrected chi connectivity index (χ4v) is 2.51. The van der Waals surface area contributed by atoms with Gasteiger partial charge in [-0.3, -0.25) is 9.67 Å². The molecule has 108 valence electrons. The molecular formula is C15H15ClN4O. The van der Waals surface area contributed by atoms with Crippen molar-refractivity contribution in [3.05, 3.63) is 46.9 Å². The van der Waals surface area contributed by atoms with Crippen molar-refractivity contribution in [2.45, 2.75) is 13.5 Å². The van der Waals surface area contributed by atoms with E-state index in [1.165, 1.54) is 0 Å². The Balaban J connectivity index is 1.94. The Kier molecular flexibility index (Phi) is 3.43. The lowest BCUT2D eigenvalue weighted by molar-refractivity contribution is 0.309. The lowest BCUT2D eigenvalue weighted by Gasteiger charge is -2.10. The Labute approximate surface area is 127 Å². The van der Waals surface area contributed by atoms with E-state index in [4.69, 9.17) is 22.1 Å². The van der Waals surface area contributed by atoms with Crippen LogP contribution in [0.15, 0.2) is 30.5 Å². The molecule has 0 bridgehead atoms. The molecule has 2 heterocycles. The molecule has 0 aliphatic rings. The molecular weight excluding hydrogens is 288 g/mol. The first-order valence-corrected chi connectivity index (χ1v) is 6.89. The fourth-order valence-electron chi connectivity index (χ4n) is 2.28. The van der Waals surface area contributed by atoms with E-state index in [9.17, 15) is 0 Å². The van der Waals surface area contributed by atoms with E-state index in [0.717, 1.165) is 27.9 Å². The molecule has 0 unspecified atom stereocenters. The van der Waals surface area contributed by atoms with Crippen LogP contribution in [0.3, 0.4) is 0 Å². The van der Waals surface area contributed by atoms with Gasteiger partial charge < -0.3 is 10.5 Å². The maximum atomic E-state index is 6.21. The summed E-state index contributed by atoms with van der Waals surface area (Å²) in [5.74, 6) is 0.728. The van der Waals surface area contributed by atoms with Gasteiger partial charge in [-0.25, -0.2) is 0 Å². The van der Waals surface area contributed by atoms with Crippen LogP contribution in [-0.4, -0.2) is 14.8 Å². The minimum Gasteiger partial charge on any atom is -0.488 e. The average Bonchev–Trinajstić information content (AvgIpc) is 2.72. The quantitative estimate of drug-likeness (QED) is 0.755. The normalized spacial score (nSPS) is 11.0. The lowest BCUT2D eigenvalue weighted by atomic mass is 10.1. The maximum absolute atomic E-state index is 6.21. The number of anilines is 1. The highest BCUT2D eigenvalue weighted by molar-refractivity contribution is 6.30. The van der Waals surface area contributed by atoms with Crippen molar-refractivity contribution >= 4 is 28.2 Å². The fraction of sp³-hybridized carbons (Fsp3) is 0.200. The summed E-state index contributed by atoms with van der Waals surface area (Å²) in [6.07, 6.45) is 1.71. The van der Waals surface area contributed by atoms with E-state index in [-0.39, 0.29) is 0 Å². The van der Waals surface area contributed by atoms with Crippen LogP contribution >= 0.6 is 11.6 Å². The predicted molar refractivity (Wildman–Crippen MR) is 83.4 cm³/mol. The molecule has 6 heteroatoms. The molecule has 0 amide bonds. The van der Waals surface area contributed by atoms with E-state index in [2.05, 4.69) is 10.1 Å². The third-order valence-corrected chi connectivity index (χ3v) is 3.88. The number of hydrogen-bond donors (Lipinski definition) is 1. The van der Waals surface area contributed by atoms with Gasteiger partial charge in [-0.1, -0.05) is 11.6 Å². The Morgan fingerprint density at radius 1 is 1.33 bits per heavy atom. The number of fused-ring (bicyclic) bond motifs is 1. The first kappa shape index (κ1) is 13.7. The van der Waals surface area contributed by atoms with Gasteiger partial charge in [0.2, 0.25) is 0 Å². The summed E-state index contributed by atoms with van der Waals surface area (Å²) in [5, 5.41) is 5.74. The zero-order valence-corrected chi connectivity index (χ0v) is 12.6. The van der Waals surface area contributed by atoms with Crippen LogP contribution in [0.1, 0.15) is 11.3 Å². The van der Waals surface area contributed by atoms with Crippen molar-refractivity contribution in [2.24, 2.45) is 7.05 Å². The van der Waals surface area contributed by atoms with Crippen molar-refractivity contribution in [1.29, 1.82) is 0 Å². The monoisotopic (exact) mass is 302 g/mol. The minimum atomic E-state index is 0.354. The number of benzene rings is 1. The van der Waals surface area contributed by atoms with Crippen molar-refractivity contribution < 1.29 is 4.74 Å². The summed E-state index contributed by atoms with van der Waals surface area (Å²) in [6.45, 7) is 2.26. The van der Waals surface area contributed by atoms with Crippen LogP contribution in [0, 0.1) is 6.92 Å². The molecule has 0 aliphatic carbocycles. The van der Waals surface area contributed by atoms with Gasteiger partial charge in [0.05, 0.1) is 16.9 Å². The van der Waals surface area contributed by atoms with Crippen molar-refractivity contribution in [3.8, 4) is 5.75 Å². The number of nitrogens with two attached hydrogens (primary N) is 1. The molecule has 2 aromatic heterocycles. The number of pyridine rings is 1. The summed E-state index contributed by atoms with van der Waals surface area (Å²) in [5.41, 5.74) is 9.05. The molecule has 1 aromatic carbocycles. The topological polar surface area (TPSA) is 66.0 Å². The number of aryl methyl sites for hydroxylation is 2. The van der Waals surface area contributed by atoms with Crippen LogP contribution in [0.4, 0.5) is 5.69 Å². The molecule has 0 atom stereocenters. The van der Waals surface area contributed by atoms with E-state index >= 15 is 0 Å². The van der Waals surface area contributed by atoms with Gasteiger partial charge in [-0.15, -0.1) is 0 Å². The van der Waals surface area contributed by atoms with Crippen LogP contribution in [0.5, 0.6) is 5.75 Å². The molecule has 2 N–H and O–H groups in total. The second kappa shape index (κ2) is 5.26. The molecule has 0 fully saturated rings. The van der Waals surface area contributed by atoms with Gasteiger partial charge in [-0.2, -0.15) is 5.10 Å². The number of nitrogen functional groups attached to an aromatic ring is 1. The number of rotatable bonds is 3. The summed E-state index contributed by atoms with van der Waals surface area (Å²) >= 11 is 6.21. The summed E-state index contributed by atoms with van der Waals surface area (Å²) in [6, 6.07) is 7.43. The Bertz CT molecular complexity index is 813. The third kappa shape index (κ3) is 2.40. The van der Waals surface area contributed by atoms with E-state index in [0.29, 0.717) is 17.4 Å². The van der Waals surface area contributed by atoms with Gasteiger partial charge in [0.25, 0.3) is 0 Å². The lowest BCUT2D eigenvalue weighted by Crippen LogP contribution is -1.99. The molecule has 3 aromatic rings. The van der Waals surface area contributed by atoms with Gasteiger partial charge in [0, 0.05) is 24.2 Å².